The van der Waals surface area contributed by atoms with Gasteiger partial charge in [-0.1, -0.05) is 29.8 Å². The lowest BCUT2D eigenvalue weighted by molar-refractivity contribution is 0.0958. The Balaban J connectivity index is 2.78. The van der Waals surface area contributed by atoms with Crippen molar-refractivity contribution in [3.05, 3.63) is 46.2 Å². The summed E-state index contributed by atoms with van der Waals surface area (Å²) in [7, 11) is 0. The lowest BCUT2D eigenvalue weighted by Crippen LogP contribution is -2.24. The van der Waals surface area contributed by atoms with Gasteiger partial charge in [-0.05, 0) is 18.2 Å². The molecule has 0 atom stereocenters. The van der Waals surface area contributed by atoms with Gasteiger partial charge >= 0.3 is 0 Å². The predicted octanol–water partition coefficient (Wildman–Crippen LogP) is 2.96. The van der Waals surface area contributed by atoms with Crippen molar-refractivity contribution >= 4 is 29.1 Å². The molecule has 0 spiro atoms. The van der Waals surface area contributed by atoms with E-state index in [1.807, 2.05) is 0 Å². The molecule has 0 bridgehead atoms. The molecular weight excluding hydrogens is 240 g/mol. The zero-order valence-electron chi connectivity index (χ0n) is 7.69. The first-order valence-corrected chi connectivity index (χ1v) is 4.83. The zero-order valence-corrected chi connectivity index (χ0v) is 9.20. The summed E-state index contributed by atoms with van der Waals surface area (Å²) in [5, 5.41) is 2.85. The van der Waals surface area contributed by atoms with Gasteiger partial charge in [0.05, 0.1) is 17.1 Å². The molecule has 1 N–H and O–H groups in total. The number of carbonyl (C=O) groups is 1. The van der Waals surface area contributed by atoms with Crippen molar-refractivity contribution in [2.75, 3.05) is 6.54 Å². The molecule has 0 aliphatic heterocycles. The number of hydrogen-bond donors (Lipinski definition) is 1. The van der Waals surface area contributed by atoms with Gasteiger partial charge in [0, 0.05) is 5.03 Å². The van der Waals surface area contributed by atoms with Crippen molar-refractivity contribution in [2.45, 2.75) is 0 Å². The Labute approximate surface area is 96.7 Å². The topological polar surface area (TPSA) is 29.1 Å². The molecule has 0 aliphatic rings. The first-order chi connectivity index (χ1) is 7.00. The lowest BCUT2D eigenvalue weighted by Gasteiger charge is -2.05. The number of halogens is 3. The van der Waals surface area contributed by atoms with E-state index in [0.717, 1.165) is 12.1 Å². The van der Waals surface area contributed by atoms with Crippen molar-refractivity contribution in [1.29, 1.82) is 0 Å². The Kier molecular flexibility index (Phi) is 4.12. The Morgan fingerprint density at radius 1 is 1.53 bits per heavy atom. The molecule has 2 nitrogen and oxygen atoms in total. The van der Waals surface area contributed by atoms with Crippen LogP contribution < -0.4 is 5.32 Å². The second-order valence-electron chi connectivity index (χ2n) is 2.82. The van der Waals surface area contributed by atoms with E-state index < -0.39 is 11.7 Å². The Morgan fingerprint density at radius 3 is 2.73 bits per heavy atom. The van der Waals surface area contributed by atoms with E-state index in [9.17, 15) is 9.18 Å². The summed E-state index contributed by atoms with van der Waals surface area (Å²) in [6, 6.07) is 3.55. The van der Waals surface area contributed by atoms with Gasteiger partial charge in [0.25, 0.3) is 5.91 Å². The first-order valence-electron chi connectivity index (χ1n) is 4.07. The van der Waals surface area contributed by atoms with Crippen molar-refractivity contribution < 1.29 is 9.18 Å². The number of benzene rings is 1. The highest BCUT2D eigenvalue weighted by molar-refractivity contribution is 6.34. The Morgan fingerprint density at radius 2 is 2.20 bits per heavy atom. The summed E-state index contributed by atoms with van der Waals surface area (Å²) < 4.78 is 12.7. The summed E-state index contributed by atoms with van der Waals surface area (Å²) in [5.74, 6) is -0.903. The highest BCUT2D eigenvalue weighted by Gasteiger charge is 2.10. The number of carbonyl (C=O) groups excluding carboxylic acids is 1. The average Bonchev–Trinajstić information content (AvgIpc) is 2.14. The fourth-order valence-electron chi connectivity index (χ4n) is 0.945. The van der Waals surface area contributed by atoms with Crippen molar-refractivity contribution in [3.8, 4) is 0 Å². The number of nitrogens with one attached hydrogen (secondary N) is 1. The summed E-state index contributed by atoms with van der Waals surface area (Å²) in [6.07, 6.45) is 0. The van der Waals surface area contributed by atoms with Crippen molar-refractivity contribution in [1.82, 2.24) is 5.32 Å². The van der Waals surface area contributed by atoms with Crippen LogP contribution in [0.2, 0.25) is 5.02 Å². The highest BCUT2D eigenvalue weighted by atomic mass is 35.5. The summed E-state index contributed by atoms with van der Waals surface area (Å²) in [5.41, 5.74) is 0.205. The smallest absolute Gasteiger partial charge is 0.253 e. The largest absolute Gasteiger partial charge is 0.347 e. The molecule has 0 unspecified atom stereocenters. The standard InChI is InChI=1S/C10H8Cl2FNO/c1-6(11)5-14-10(15)8-3-2-7(13)4-9(8)12/h2-4H,1,5H2,(H,14,15). The molecule has 0 saturated heterocycles. The molecule has 0 heterocycles. The quantitative estimate of drug-likeness (QED) is 0.875. The monoisotopic (exact) mass is 247 g/mol. The van der Waals surface area contributed by atoms with Crippen LogP contribution in [0.15, 0.2) is 29.8 Å². The maximum atomic E-state index is 12.7. The minimum atomic E-state index is -0.488. The van der Waals surface area contributed by atoms with Crippen LogP contribution in [0.5, 0.6) is 0 Å². The molecule has 15 heavy (non-hydrogen) atoms. The van der Waals surface area contributed by atoms with Gasteiger partial charge < -0.3 is 5.32 Å². The molecule has 1 amide bonds. The summed E-state index contributed by atoms with van der Waals surface area (Å²) in [4.78, 5) is 11.5. The van der Waals surface area contributed by atoms with E-state index in [2.05, 4.69) is 11.9 Å². The third-order valence-corrected chi connectivity index (χ3v) is 2.06. The number of hydrogen-bond acceptors (Lipinski definition) is 1. The van der Waals surface area contributed by atoms with E-state index in [-0.39, 0.29) is 17.1 Å². The third kappa shape index (κ3) is 3.53. The molecular formula is C10H8Cl2FNO. The third-order valence-electron chi connectivity index (χ3n) is 1.62. The maximum Gasteiger partial charge on any atom is 0.253 e. The fourth-order valence-corrected chi connectivity index (χ4v) is 1.26. The lowest BCUT2D eigenvalue weighted by atomic mass is 10.2. The molecule has 1 aromatic rings. The molecule has 0 fully saturated rings. The molecule has 0 aromatic heterocycles. The van der Waals surface area contributed by atoms with Crippen molar-refractivity contribution in [2.24, 2.45) is 0 Å². The van der Waals surface area contributed by atoms with E-state index in [4.69, 9.17) is 23.2 Å². The summed E-state index contributed by atoms with van der Waals surface area (Å²) >= 11 is 11.2. The van der Waals surface area contributed by atoms with Crippen molar-refractivity contribution in [3.63, 3.8) is 0 Å². The van der Waals surface area contributed by atoms with Crippen LogP contribution in [0.1, 0.15) is 10.4 Å². The molecule has 0 aliphatic carbocycles. The van der Waals surface area contributed by atoms with Gasteiger partial charge in [-0.2, -0.15) is 0 Å². The molecule has 80 valence electrons. The van der Waals surface area contributed by atoms with Crippen LogP contribution in [0, 0.1) is 5.82 Å². The van der Waals surface area contributed by atoms with E-state index in [1.165, 1.54) is 6.07 Å². The molecule has 0 radical (unpaired) electrons. The fraction of sp³-hybridized carbons (Fsp3) is 0.100. The van der Waals surface area contributed by atoms with Gasteiger partial charge in [-0.15, -0.1) is 0 Å². The van der Waals surface area contributed by atoms with E-state index in [1.54, 1.807) is 0 Å². The van der Waals surface area contributed by atoms with Gasteiger partial charge in [-0.3, -0.25) is 4.79 Å². The highest BCUT2D eigenvalue weighted by Crippen LogP contribution is 2.16. The Hall–Kier alpha value is -1.06. The Bertz CT molecular complexity index is 406. The number of amides is 1. The van der Waals surface area contributed by atoms with Gasteiger partial charge in [0.15, 0.2) is 0 Å². The molecule has 1 aromatic carbocycles. The second kappa shape index (κ2) is 5.14. The minimum Gasteiger partial charge on any atom is -0.347 e. The average molecular weight is 248 g/mol. The first kappa shape index (κ1) is 12.0. The predicted molar refractivity (Wildman–Crippen MR) is 58.7 cm³/mol. The van der Waals surface area contributed by atoms with Crippen LogP contribution in [0.4, 0.5) is 4.39 Å². The minimum absolute atomic E-state index is 0.0627. The normalized spacial score (nSPS) is 9.80. The van der Waals surface area contributed by atoms with Gasteiger partial charge in [0.2, 0.25) is 0 Å². The van der Waals surface area contributed by atoms with Crippen LogP contribution in [-0.2, 0) is 0 Å². The van der Waals surface area contributed by atoms with Gasteiger partial charge in [0.1, 0.15) is 5.82 Å². The maximum absolute atomic E-state index is 12.7. The molecule has 1 rings (SSSR count). The second-order valence-corrected chi connectivity index (χ2v) is 3.77. The molecule has 0 saturated carbocycles. The van der Waals surface area contributed by atoms with Gasteiger partial charge in [-0.25, -0.2) is 4.39 Å². The van der Waals surface area contributed by atoms with Crippen LogP contribution in [0.3, 0.4) is 0 Å². The van der Waals surface area contributed by atoms with E-state index >= 15 is 0 Å². The van der Waals surface area contributed by atoms with Crippen LogP contribution >= 0.6 is 23.2 Å². The molecule has 5 heteroatoms. The van der Waals surface area contributed by atoms with Crippen LogP contribution in [-0.4, -0.2) is 12.5 Å². The van der Waals surface area contributed by atoms with Crippen LogP contribution in [0.25, 0.3) is 0 Å². The van der Waals surface area contributed by atoms with E-state index in [0.29, 0.717) is 5.03 Å². The zero-order chi connectivity index (χ0) is 11.4. The number of rotatable bonds is 3. The SMILES string of the molecule is C=C(Cl)CNC(=O)c1ccc(F)cc1Cl. The summed E-state index contributed by atoms with van der Waals surface area (Å²) in [6.45, 7) is 3.56.